The zero-order chi connectivity index (χ0) is 15.2. The van der Waals surface area contributed by atoms with Crippen LogP contribution < -0.4 is 5.32 Å². The second kappa shape index (κ2) is 7.19. The van der Waals surface area contributed by atoms with E-state index in [9.17, 15) is 10.1 Å². The summed E-state index contributed by atoms with van der Waals surface area (Å²) in [5.74, 6) is 0. The van der Waals surface area contributed by atoms with Gasteiger partial charge in [-0.05, 0) is 27.6 Å². The number of nitro groups is 1. The van der Waals surface area contributed by atoms with Gasteiger partial charge < -0.3 is 10.1 Å². The maximum Gasteiger partial charge on any atom is 0.271 e. The van der Waals surface area contributed by atoms with Crippen molar-refractivity contribution in [1.82, 2.24) is 0 Å². The molecule has 0 fully saturated rings. The Morgan fingerprint density at radius 2 is 2.00 bits per heavy atom. The summed E-state index contributed by atoms with van der Waals surface area (Å²) in [6, 6.07) is 14.4. The lowest BCUT2D eigenvalue weighted by atomic mass is 10.1. The molecule has 5 nitrogen and oxygen atoms in total. The molecule has 21 heavy (non-hydrogen) atoms. The third-order valence-electron chi connectivity index (χ3n) is 3.03. The number of halogens is 1. The van der Waals surface area contributed by atoms with Crippen LogP contribution in [0.1, 0.15) is 11.6 Å². The Kier molecular flexibility index (Phi) is 5.30. The van der Waals surface area contributed by atoms with E-state index in [2.05, 4.69) is 21.2 Å². The monoisotopic (exact) mass is 350 g/mol. The van der Waals surface area contributed by atoms with Crippen LogP contribution in [0.25, 0.3) is 0 Å². The summed E-state index contributed by atoms with van der Waals surface area (Å²) in [5.41, 5.74) is 1.76. The van der Waals surface area contributed by atoms with Gasteiger partial charge in [-0.3, -0.25) is 10.1 Å². The molecule has 1 unspecified atom stereocenters. The third-order valence-corrected chi connectivity index (χ3v) is 3.72. The highest BCUT2D eigenvalue weighted by Crippen LogP contribution is 2.30. The summed E-state index contributed by atoms with van der Waals surface area (Å²) < 4.78 is 6.01. The van der Waals surface area contributed by atoms with Gasteiger partial charge in [0.1, 0.15) is 0 Å². The van der Waals surface area contributed by atoms with E-state index in [1.165, 1.54) is 12.1 Å². The predicted octanol–water partition coefficient (Wildman–Crippen LogP) is 4.16. The number of rotatable bonds is 6. The Morgan fingerprint density at radius 1 is 1.29 bits per heavy atom. The van der Waals surface area contributed by atoms with Gasteiger partial charge in [-0.25, -0.2) is 0 Å². The zero-order valence-corrected chi connectivity index (χ0v) is 13.0. The molecule has 0 saturated carbocycles. The Bertz CT molecular complexity index is 620. The van der Waals surface area contributed by atoms with Gasteiger partial charge in [0.05, 0.1) is 23.3 Å². The largest absolute Gasteiger partial charge is 0.382 e. The molecule has 0 spiro atoms. The second-order valence-electron chi connectivity index (χ2n) is 4.48. The molecule has 2 aromatic carbocycles. The van der Waals surface area contributed by atoms with E-state index in [0.29, 0.717) is 12.3 Å². The standard InChI is InChI=1S/C15H15BrN2O3/c1-21-10-15(11-5-3-2-4-6-11)17-14-9-12(18(19)20)7-8-13(14)16/h2-9,15,17H,10H2,1H3. The lowest BCUT2D eigenvalue weighted by molar-refractivity contribution is -0.384. The molecule has 1 atom stereocenters. The SMILES string of the molecule is COCC(Nc1cc([N+](=O)[O-])ccc1Br)c1ccccc1. The number of nitrogens with one attached hydrogen (secondary N) is 1. The molecule has 6 heteroatoms. The minimum atomic E-state index is -0.411. The first kappa shape index (κ1) is 15.5. The lowest BCUT2D eigenvalue weighted by Gasteiger charge is -2.20. The van der Waals surface area contributed by atoms with Crippen LogP contribution in [0.3, 0.4) is 0 Å². The van der Waals surface area contributed by atoms with Gasteiger partial charge in [-0.1, -0.05) is 30.3 Å². The minimum absolute atomic E-state index is 0.0462. The number of anilines is 1. The van der Waals surface area contributed by atoms with Crippen molar-refractivity contribution in [2.45, 2.75) is 6.04 Å². The van der Waals surface area contributed by atoms with E-state index >= 15 is 0 Å². The number of ether oxygens (including phenoxy) is 1. The van der Waals surface area contributed by atoms with Crippen LogP contribution in [0.4, 0.5) is 11.4 Å². The molecule has 0 aliphatic heterocycles. The Hall–Kier alpha value is -1.92. The van der Waals surface area contributed by atoms with Crippen LogP contribution in [0.5, 0.6) is 0 Å². The molecule has 0 heterocycles. The molecule has 2 rings (SSSR count). The quantitative estimate of drug-likeness (QED) is 0.627. The normalized spacial score (nSPS) is 11.9. The Labute approximate surface area is 131 Å². The summed E-state index contributed by atoms with van der Waals surface area (Å²) in [6.07, 6.45) is 0. The molecule has 0 saturated heterocycles. The van der Waals surface area contributed by atoms with E-state index in [1.807, 2.05) is 30.3 Å². The maximum absolute atomic E-state index is 10.9. The molecular weight excluding hydrogens is 336 g/mol. The first-order chi connectivity index (χ1) is 10.1. The molecule has 1 N–H and O–H groups in total. The Morgan fingerprint density at radius 3 is 2.62 bits per heavy atom. The molecule has 0 bridgehead atoms. The molecule has 0 radical (unpaired) electrons. The van der Waals surface area contributed by atoms with E-state index in [1.54, 1.807) is 13.2 Å². The number of benzene rings is 2. The van der Waals surface area contributed by atoms with Gasteiger partial charge in [-0.15, -0.1) is 0 Å². The van der Waals surface area contributed by atoms with Crippen molar-refractivity contribution in [1.29, 1.82) is 0 Å². The van der Waals surface area contributed by atoms with Crippen LogP contribution in [0.2, 0.25) is 0 Å². The topological polar surface area (TPSA) is 64.4 Å². The molecule has 0 amide bonds. The van der Waals surface area contributed by atoms with Gasteiger partial charge >= 0.3 is 0 Å². The smallest absolute Gasteiger partial charge is 0.271 e. The van der Waals surface area contributed by atoms with Crippen LogP contribution in [0.15, 0.2) is 53.0 Å². The van der Waals surface area contributed by atoms with Crippen LogP contribution in [-0.2, 0) is 4.74 Å². The van der Waals surface area contributed by atoms with Gasteiger partial charge in [0.2, 0.25) is 0 Å². The fourth-order valence-corrected chi connectivity index (χ4v) is 2.36. The molecule has 0 aromatic heterocycles. The van der Waals surface area contributed by atoms with Crippen molar-refractivity contribution in [3.05, 3.63) is 68.7 Å². The van der Waals surface area contributed by atoms with E-state index < -0.39 is 4.92 Å². The van der Waals surface area contributed by atoms with Crippen LogP contribution >= 0.6 is 15.9 Å². The predicted molar refractivity (Wildman–Crippen MR) is 85.5 cm³/mol. The van der Waals surface area contributed by atoms with Crippen molar-refractivity contribution < 1.29 is 9.66 Å². The van der Waals surface area contributed by atoms with E-state index in [4.69, 9.17) is 4.74 Å². The number of hydrogen-bond donors (Lipinski definition) is 1. The van der Waals surface area contributed by atoms with Gasteiger partial charge in [-0.2, -0.15) is 0 Å². The van der Waals surface area contributed by atoms with E-state index in [-0.39, 0.29) is 11.7 Å². The highest BCUT2D eigenvalue weighted by Gasteiger charge is 2.15. The molecule has 110 valence electrons. The van der Waals surface area contributed by atoms with E-state index in [0.717, 1.165) is 10.0 Å². The second-order valence-corrected chi connectivity index (χ2v) is 5.34. The average molecular weight is 351 g/mol. The number of hydrogen-bond acceptors (Lipinski definition) is 4. The third kappa shape index (κ3) is 4.03. The first-order valence-electron chi connectivity index (χ1n) is 6.36. The number of nitrogens with zero attached hydrogens (tertiary/aromatic N) is 1. The molecule has 0 aliphatic rings. The molecule has 0 aliphatic carbocycles. The minimum Gasteiger partial charge on any atom is -0.382 e. The molecular formula is C15H15BrN2O3. The fraction of sp³-hybridized carbons (Fsp3) is 0.200. The summed E-state index contributed by atoms with van der Waals surface area (Å²) >= 11 is 3.41. The zero-order valence-electron chi connectivity index (χ0n) is 11.5. The van der Waals surface area contributed by atoms with Crippen molar-refractivity contribution in [2.24, 2.45) is 0 Å². The summed E-state index contributed by atoms with van der Waals surface area (Å²) in [5, 5.41) is 14.2. The Balaban J connectivity index is 2.28. The highest BCUT2D eigenvalue weighted by atomic mass is 79.9. The average Bonchev–Trinajstić information content (AvgIpc) is 2.49. The van der Waals surface area contributed by atoms with Crippen molar-refractivity contribution in [2.75, 3.05) is 19.0 Å². The number of nitro benzene ring substituents is 1. The fourth-order valence-electron chi connectivity index (χ4n) is 2.00. The van der Waals surface area contributed by atoms with Gasteiger partial charge in [0.15, 0.2) is 0 Å². The van der Waals surface area contributed by atoms with Crippen molar-refractivity contribution >= 4 is 27.3 Å². The maximum atomic E-state index is 10.9. The van der Waals surface area contributed by atoms with Gasteiger partial charge in [0.25, 0.3) is 5.69 Å². The van der Waals surface area contributed by atoms with Crippen molar-refractivity contribution in [3.8, 4) is 0 Å². The summed E-state index contributed by atoms with van der Waals surface area (Å²) in [6.45, 7) is 0.457. The highest BCUT2D eigenvalue weighted by molar-refractivity contribution is 9.10. The van der Waals surface area contributed by atoms with Crippen LogP contribution in [-0.4, -0.2) is 18.6 Å². The number of non-ortho nitro benzene ring substituents is 1. The lowest BCUT2D eigenvalue weighted by Crippen LogP contribution is -2.16. The number of methoxy groups -OCH3 is 1. The first-order valence-corrected chi connectivity index (χ1v) is 7.15. The van der Waals surface area contributed by atoms with Gasteiger partial charge in [0, 0.05) is 23.7 Å². The van der Waals surface area contributed by atoms with Crippen molar-refractivity contribution in [3.63, 3.8) is 0 Å². The van der Waals surface area contributed by atoms with Crippen LogP contribution in [0, 0.1) is 10.1 Å². The molecule has 2 aromatic rings. The summed E-state index contributed by atoms with van der Waals surface area (Å²) in [7, 11) is 1.63. The summed E-state index contributed by atoms with van der Waals surface area (Å²) in [4.78, 5) is 10.5.